The molecule has 3 rings (SSSR count). The van der Waals surface area contributed by atoms with Gasteiger partial charge in [-0.1, -0.05) is 19.4 Å². The number of ether oxygens (including phenoxy) is 1. The van der Waals surface area contributed by atoms with Crippen LogP contribution in [0.1, 0.15) is 30.1 Å². The molecule has 0 saturated carbocycles. The second-order valence-corrected chi connectivity index (χ2v) is 6.37. The molecule has 1 amide bonds. The van der Waals surface area contributed by atoms with Crippen molar-refractivity contribution in [3.05, 3.63) is 42.1 Å². The third-order valence-electron chi connectivity index (χ3n) is 4.37. The van der Waals surface area contributed by atoms with Crippen LogP contribution in [-0.4, -0.2) is 47.2 Å². The number of nitrogens with one attached hydrogen (secondary N) is 2. The lowest BCUT2D eigenvalue weighted by Gasteiger charge is -2.11. The molecule has 8 heteroatoms. The molecule has 0 radical (unpaired) electrons. The molecule has 2 heterocycles. The van der Waals surface area contributed by atoms with Gasteiger partial charge in [0.25, 0.3) is 5.91 Å². The normalized spacial score (nSPS) is 10.8. The van der Waals surface area contributed by atoms with Gasteiger partial charge in [-0.25, -0.2) is 9.50 Å². The predicted octanol–water partition coefficient (Wildman–Crippen LogP) is 2.31. The average molecular weight is 382 g/mol. The summed E-state index contributed by atoms with van der Waals surface area (Å²) in [5.74, 6) is 1.07. The zero-order valence-corrected chi connectivity index (χ0v) is 16.2. The number of rotatable bonds is 9. The summed E-state index contributed by atoms with van der Waals surface area (Å²) in [7, 11) is 1.54. The molecule has 1 aromatic carbocycles. The Balaban J connectivity index is 1.93. The molecular weight excluding hydrogens is 356 g/mol. The number of amides is 1. The van der Waals surface area contributed by atoms with E-state index in [0.717, 1.165) is 42.1 Å². The molecule has 28 heavy (non-hydrogen) atoms. The maximum absolute atomic E-state index is 12.3. The van der Waals surface area contributed by atoms with Gasteiger partial charge in [0, 0.05) is 25.2 Å². The molecule has 2 aromatic heterocycles. The molecule has 148 valence electrons. The minimum atomic E-state index is -0.215. The first-order valence-electron chi connectivity index (χ1n) is 9.43. The van der Waals surface area contributed by atoms with Crippen LogP contribution in [0, 0.1) is 0 Å². The van der Waals surface area contributed by atoms with Crippen molar-refractivity contribution in [1.29, 1.82) is 0 Å². The van der Waals surface area contributed by atoms with E-state index in [2.05, 4.69) is 27.6 Å². The van der Waals surface area contributed by atoms with Crippen LogP contribution in [0.5, 0.6) is 5.75 Å². The maximum atomic E-state index is 12.3. The van der Waals surface area contributed by atoms with Crippen molar-refractivity contribution in [3.8, 4) is 17.0 Å². The van der Waals surface area contributed by atoms with Crippen molar-refractivity contribution < 1.29 is 9.53 Å². The van der Waals surface area contributed by atoms with E-state index in [-0.39, 0.29) is 5.91 Å². The number of nitrogens with zero attached hydrogens (tertiary/aromatic N) is 3. The summed E-state index contributed by atoms with van der Waals surface area (Å²) >= 11 is 0. The van der Waals surface area contributed by atoms with Crippen LogP contribution in [0.3, 0.4) is 0 Å². The van der Waals surface area contributed by atoms with Crippen molar-refractivity contribution in [2.45, 2.75) is 19.8 Å². The number of carbonyl (C=O) groups excluding carboxylic acids is 1. The molecule has 0 aliphatic rings. The van der Waals surface area contributed by atoms with Crippen LogP contribution in [0.25, 0.3) is 16.9 Å². The number of fused-ring (bicyclic) bond motifs is 1. The van der Waals surface area contributed by atoms with E-state index in [1.165, 1.54) is 0 Å². The first-order chi connectivity index (χ1) is 13.7. The Morgan fingerprint density at radius 2 is 2.11 bits per heavy atom. The zero-order valence-electron chi connectivity index (χ0n) is 16.2. The fraction of sp³-hybridized carbons (Fsp3) is 0.350. The van der Waals surface area contributed by atoms with Crippen molar-refractivity contribution in [1.82, 2.24) is 19.9 Å². The Hall–Kier alpha value is -3.13. The minimum Gasteiger partial charge on any atom is -0.496 e. The highest BCUT2D eigenvalue weighted by Gasteiger charge is 2.15. The van der Waals surface area contributed by atoms with Crippen molar-refractivity contribution in [2.24, 2.45) is 5.73 Å². The van der Waals surface area contributed by atoms with Gasteiger partial charge in [0.05, 0.1) is 24.6 Å². The number of nitrogens with two attached hydrogens (primary N) is 1. The van der Waals surface area contributed by atoms with Crippen molar-refractivity contribution in [3.63, 3.8) is 0 Å². The van der Waals surface area contributed by atoms with Gasteiger partial charge >= 0.3 is 0 Å². The van der Waals surface area contributed by atoms with E-state index in [4.69, 9.17) is 10.5 Å². The molecule has 3 aromatic rings. The number of hydrogen-bond donors (Lipinski definition) is 3. The molecule has 8 nitrogen and oxygen atoms in total. The van der Waals surface area contributed by atoms with E-state index >= 15 is 0 Å². The van der Waals surface area contributed by atoms with Crippen LogP contribution in [0.15, 0.2) is 36.5 Å². The monoisotopic (exact) mass is 382 g/mol. The first kappa shape index (κ1) is 19.6. The average Bonchev–Trinajstić information content (AvgIpc) is 3.15. The van der Waals surface area contributed by atoms with Crippen LogP contribution in [0.4, 0.5) is 5.82 Å². The molecule has 0 unspecified atom stereocenters. The minimum absolute atomic E-state index is 0.215. The molecule has 0 atom stereocenters. The summed E-state index contributed by atoms with van der Waals surface area (Å²) in [4.78, 5) is 16.7. The van der Waals surface area contributed by atoms with Gasteiger partial charge in [-0.05, 0) is 30.7 Å². The summed E-state index contributed by atoms with van der Waals surface area (Å²) in [6, 6.07) is 9.27. The Bertz CT molecular complexity index is 953. The number of aromatic nitrogens is 3. The van der Waals surface area contributed by atoms with E-state index in [1.54, 1.807) is 23.9 Å². The summed E-state index contributed by atoms with van der Waals surface area (Å²) in [5.41, 5.74) is 8.34. The number of imidazole rings is 1. The number of carbonyl (C=O) groups is 1. The van der Waals surface area contributed by atoms with Gasteiger partial charge in [0.1, 0.15) is 11.6 Å². The van der Waals surface area contributed by atoms with Gasteiger partial charge in [0.15, 0.2) is 5.65 Å². The Kier molecular flexibility index (Phi) is 6.44. The Morgan fingerprint density at radius 1 is 1.25 bits per heavy atom. The molecule has 0 aliphatic carbocycles. The molecule has 0 aliphatic heterocycles. The van der Waals surface area contributed by atoms with Crippen LogP contribution in [0.2, 0.25) is 0 Å². The summed E-state index contributed by atoms with van der Waals surface area (Å²) in [6.07, 6.45) is 3.97. The number of methoxy groups -OCH3 is 1. The summed E-state index contributed by atoms with van der Waals surface area (Å²) in [5, 5.41) is 10.7. The Labute approximate surface area is 164 Å². The largest absolute Gasteiger partial charge is 0.496 e. The fourth-order valence-electron chi connectivity index (χ4n) is 2.88. The van der Waals surface area contributed by atoms with E-state index < -0.39 is 0 Å². The Morgan fingerprint density at radius 3 is 2.86 bits per heavy atom. The highest BCUT2D eigenvalue weighted by molar-refractivity contribution is 5.97. The van der Waals surface area contributed by atoms with E-state index in [9.17, 15) is 4.79 Å². The van der Waals surface area contributed by atoms with Crippen LogP contribution in [-0.2, 0) is 0 Å². The molecule has 0 saturated heterocycles. The van der Waals surface area contributed by atoms with Crippen LogP contribution < -0.4 is 21.1 Å². The molecule has 0 bridgehead atoms. The number of hydrogen-bond acceptors (Lipinski definition) is 6. The molecular formula is C20H26N6O2. The SMILES string of the molecule is CCCCNc1ccc2ncc(-c3ccc(C(=O)NCCN)c(OC)c3)n2n1. The van der Waals surface area contributed by atoms with Gasteiger partial charge < -0.3 is 21.1 Å². The maximum Gasteiger partial charge on any atom is 0.255 e. The van der Waals surface area contributed by atoms with Gasteiger partial charge in [-0.2, -0.15) is 0 Å². The third-order valence-corrected chi connectivity index (χ3v) is 4.37. The van der Waals surface area contributed by atoms with Crippen molar-refractivity contribution in [2.75, 3.05) is 32.1 Å². The second kappa shape index (κ2) is 9.18. The standard InChI is InChI=1S/C20H26N6O2/c1-3-4-10-22-18-7-8-19-24-13-16(26(19)25-18)14-5-6-15(17(12-14)28-2)20(27)23-11-9-21/h5-8,12-13H,3-4,9-11,21H2,1-2H3,(H,22,25)(H,23,27). The summed E-state index contributed by atoms with van der Waals surface area (Å²) in [6.45, 7) is 3.82. The highest BCUT2D eigenvalue weighted by atomic mass is 16.5. The lowest BCUT2D eigenvalue weighted by atomic mass is 10.1. The number of anilines is 1. The first-order valence-corrected chi connectivity index (χ1v) is 9.43. The van der Waals surface area contributed by atoms with Gasteiger partial charge in [-0.15, -0.1) is 5.10 Å². The number of unbranched alkanes of at least 4 members (excludes halogenated alkanes) is 1. The topological polar surface area (TPSA) is 107 Å². The van der Waals surface area contributed by atoms with E-state index in [0.29, 0.717) is 24.4 Å². The van der Waals surface area contributed by atoms with E-state index in [1.807, 2.05) is 24.3 Å². The summed E-state index contributed by atoms with van der Waals surface area (Å²) < 4.78 is 7.22. The van der Waals surface area contributed by atoms with Crippen LogP contribution >= 0.6 is 0 Å². The number of benzene rings is 1. The lowest BCUT2D eigenvalue weighted by Crippen LogP contribution is -2.29. The fourth-order valence-corrected chi connectivity index (χ4v) is 2.88. The third kappa shape index (κ3) is 4.23. The van der Waals surface area contributed by atoms with Gasteiger partial charge in [-0.3, -0.25) is 4.79 Å². The zero-order chi connectivity index (χ0) is 19.9. The predicted molar refractivity (Wildman–Crippen MR) is 110 cm³/mol. The lowest BCUT2D eigenvalue weighted by molar-refractivity contribution is 0.0952. The molecule has 4 N–H and O–H groups in total. The van der Waals surface area contributed by atoms with Gasteiger partial charge in [0.2, 0.25) is 0 Å². The highest BCUT2D eigenvalue weighted by Crippen LogP contribution is 2.28. The quantitative estimate of drug-likeness (QED) is 0.490. The smallest absolute Gasteiger partial charge is 0.255 e. The molecule has 0 spiro atoms. The molecule has 0 fully saturated rings. The second-order valence-electron chi connectivity index (χ2n) is 6.37. The van der Waals surface area contributed by atoms with Crippen molar-refractivity contribution >= 4 is 17.4 Å².